The van der Waals surface area contributed by atoms with E-state index in [4.69, 9.17) is 15.0 Å². The highest BCUT2D eigenvalue weighted by Gasteiger charge is 1.85. The minimum absolute atomic E-state index is 0. The fourth-order valence-electron chi connectivity index (χ4n) is 1.16. The monoisotopic (exact) mass is 237 g/mol. The maximum Gasteiger partial charge on any atom is 0.354 e. The van der Waals surface area contributed by atoms with Gasteiger partial charge in [-0.25, -0.2) is 10.1 Å². The van der Waals surface area contributed by atoms with Crippen molar-refractivity contribution in [2.24, 2.45) is 5.34 Å². The van der Waals surface area contributed by atoms with Gasteiger partial charge in [0.05, 0.1) is 0 Å². The summed E-state index contributed by atoms with van der Waals surface area (Å²) in [5.74, 6) is 0. The van der Waals surface area contributed by atoms with E-state index in [1.165, 1.54) is 16.1 Å². The van der Waals surface area contributed by atoms with E-state index in [0.29, 0.717) is 0 Å². The maximum atomic E-state index is 8.89. The minimum Gasteiger partial charge on any atom is -0.344 e. The predicted octanol–water partition coefficient (Wildman–Crippen LogP) is 2.88. The summed E-state index contributed by atoms with van der Waals surface area (Å²) in [6.45, 7) is 0. The van der Waals surface area contributed by atoms with Crippen LogP contribution in [0.4, 0.5) is 0 Å². The average Bonchev–Trinajstić information content (AvgIpc) is 2.30. The lowest BCUT2D eigenvalue weighted by atomic mass is 10.1. The molecule has 3 N–H and O–H groups in total. The summed E-state index contributed by atoms with van der Waals surface area (Å²) < 4.78 is 0. The molecule has 0 radical (unpaired) electrons. The van der Waals surface area contributed by atoms with Crippen molar-refractivity contribution in [2.75, 3.05) is 0 Å². The number of benzene rings is 2. The molecule has 0 bridgehead atoms. The SMILES string of the molecule is N.O=NO[N+](=O)[O-].c1ccc2ccccc2c1. The normalized spacial score (nSPS) is 8.24. The van der Waals surface area contributed by atoms with Crippen LogP contribution in [-0.4, -0.2) is 5.09 Å². The van der Waals surface area contributed by atoms with Crippen molar-refractivity contribution in [3.8, 4) is 0 Å². The summed E-state index contributed by atoms with van der Waals surface area (Å²) >= 11 is 0. The van der Waals surface area contributed by atoms with Gasteiger partial charge in [0, 0.05) is 4.91 Å². The first-order valence-corrected chi connectivity index (χ1v) is 4.32. The number of fused-ring (bicyclic) bond motifs is 1. The van der Waals surface area contributed by atoms with Crippen LogP contribution in [0.3, 0.4) is 0 Å². The molecule has 90 valence electrons. The molecule has 0 aliphatic rings. The van der Waals surface area contributed by atoms with Crippen LogP contribution in [0, 0.1) is 15.0 Å². The van der Waals surface area contributed by atoms with Gasteiger partial charge in [0.15, 0.2) is 5.09 Å². The summed E-state index contributed by atoms with van der Waals surface area (Å²) in [6, 6.07) is 16.7. The Hall–Kier alpha value is -2.54. The minimum atomic E-state index is -1.30. The van der Waals surface area contributed by atoms with Crippen molar-refractivity contribution in [1.82, 2.24) is 6.15 Å². The van der Waals surface area contributed by atoms with Crippen molar-refractivity contribution in [1.29, 1.82) is 0 Å². The molecule has 0 heterocycles. The highest BCUT2D eigenvalue weighted by Crippen LogP contribution is 2.11. The molecule has 2 rings (SSSR count). The summed E-state index contributed by atoms with van der Waals surface area (Å²) in [5, 5.41) is 11.7. The van der Waals surface area contributed by atoms with E-state index >= 15 is 0 Å². The lowest BCUT2D eigenvalue weighted by Gasteiger charge is -1.92. The van der Waals surface area contributed by atoms with Crippen LogP contribution < -0.4 is 6.15 Å². The zero-order valence-electron chi connectivity index (χ0n) is 8.85. The van der Waals surface area contributed by atoms with Gasteiger partial charge in [0.1, 0.15) is 0 Å². The first-order valence-electron chi connectivity index (χ1n) is 4.32. The number of hydrogen-bond acceptors (Lipinski definition) is 6. The zero-order chi connectivity index (χ0) is 11.8. The predicted molar refractivity (Wildman–Crippen MR) is 62.8 cm³/mol. The van der Waals surface area contributed by atoms with Gasteiger partial charge in [-0.1, -0.05) is 48.5 Å². The lowest BCUT2D eigenvalue weighted by Crippen LogP contribution is -1.90. The highest BCUT2D eigenvalue weighted by molar-refractivity contribution is 5.81. The van der Waals surface area contributed by atoms with E-state index in [1.807, 2.05) is 0 Å². The van der Waals surface area contributed by atoms with Crippen molar-refractivity contribution >= 4 is 10.8 Å². The summed E-state index contributed by atoms with van der Waals surface area (Å²) in [4.78, 5) is 20.4. The first-order chi connectivity index (χ1) is 7.74. The van der Waals surface area contributed by atoms with Crippen LogP contribution in [0.15, 0.2) is 53.9 Å². The Bertz CT molecular complexity index is 424. The molecule has 17 heavy (non-hydrogen) atoms. The highest BCUT2D eigenvalue weighted by atomic mass is 17.0. The van der Waals surface area contributed by atoms with Gasteiger partial charge >= 0.3 is 5.34 Å². The van der Waals surface area contributed by atoms with E-state index < -0.39 is 5.09 Å². The molecule has 0 aromatic heterocycles. The number of rotatable bonds is 2. The van der Waals surface area contributed by atoms with Gasteiger partial charge in [-0.05, 0) is 10.8 Å². The second-order valence-corrected chi connectivity index (χ2v) is 2.73. The molecule has 2 aromatic carbocycles. The average molecular weight is 237 g/mol. The zero-order valence-corrected chi connectivity index (χ0v) is 8.85. The molecule has 0 fully saturated rings. The molecule has 2 aromatic rings. The molecular weight excluding hydrogens is 226 g/mol. The van der Waals surface area contributed by atoms with Crippen LogP contribution in [-0.2, 0) is 4.94 Å². The van der Waals surface area contributed by atoms with Gasteiger partial charge < -0.3 is 6.15 Å². The van der Waals surface area contributed by atoms with E-state index in [2.05, 4.69) is 53.5 Å². The summed E-state index contributed by atoms with van der Waals surface area (Å²) in [7, 11) is 0. The van der Waals surface area contributed by atoms with E-state index in [9.17, 15) is 0 Å². The van der Waals surface area contributed by atoms with E-state index in [0.717, 1.165) is 0 Å². The molecule has 0 saturated carbocycles. The molecule has 0 saturated heterocycles. The van der Waals surface area contributed by atoms with Gasteiger partial charge in [0.25, 0.3) is 0 Å². The largest absolute Gasteiger partial charge is 0.354 e. The van der Waals surface area contributed by atoms with E-state index in [1.54, 1.807) is 0 Å². The Balaban J connectivity index is 0.000000324. The Labute approximate surface area is 96.6 Å². The van der Waals surface area contributed by atoms with Gasteiger partial charge in [-0.3, -0.25) is 0 Å². The maximum absolute atomic E-state index is 8.89. The molecule has 7 heteroatoms. The fourth-order valence-corrected chi connectivity index (χ4v) is 1.16. The summed E-state index contributed by atoms with van der Waals surface area (Å²) in [6.07, 6.45) is 0. The van der Waals surface area contributed by atoms with Gasteiger partial charge in [0.2, 0.25) is 0 Å². The molecular formula is C10H11N3O4. The standard InChI is InChI=1S/C10H8.N2O4.H3N/c1-2-6-10-8-4-3-7-9(10)5-1;3-1-6-2(4)5;/h1-8H;;1H3. The van der Waals surface area contributed by atoms with Crippen LogP contribution in [0.1, 0.15) is 0 Å². The fraction of sp³-hybridized carbons (Fsp3) is 0. The molecule has 0 amide bonds. The Morgan fingerprint density at radius 3 is 1.53 bits per heavy atom. The van der Waals surface area contributed by atoms with Crippen LogP contribution in [0.25, 0.3) is 10.8 Å². The van der Waals surface area contributed by atoms with Crippen LogP contribution in [0.2, 0.25) is 0 Å². The van der Waals surface area contributed by atoms with Gasteiger partial charge in [-0.2, -0.15) is 0 Å². The van der Waals surface area contributed by atoms with E-state index in [-0.39, 0.29) is 6.15 Å². The Kier molecular flexibility index (Phi) is 6.56. The summed E-state index contributed by atoms with van der Waals surface area (Å²) in [5.41, 5.74) is 0. The number of hydrogen-bond donors (Lipinski definition) is 1. The molecule has 0 unspecified atom stereocenters. The van der Waals surface area contributed by atoms with Crippen LogP contribution >= 0.6 is 0 Å². The molecule has 0 aliphatic heterocycles. The Morgan fingerprint density at radius 1 is 1.00 bits per heavy atom. The first kappa shape index (κ1) is 14.5. The molecule has 0 atom stereocenters. The van der Waals surface area contributed by atoms with Crippen molar-refractivity contribution in [3.63, 3.8) is 0 Å². The third-order valence-electron chi connectivity index (χ3n) is 1.76. The molecule has 7 nitrogen and oxygen atoms in total. The Morgan fingerprint density at radius 2 is 1.35 bits per heavy atom. The second kappa shape index (κ2) is 7.71. The van der Waals surface area contributed by atoms with Crippen molar-refractivity contribution < 1.29 is 10.0 Å². The van der Waals surface area contributed by atoms with Crippen molar-refractivity contribution in [2.45, 2.75) is 0 Å². The number of nitrogens with zero attached hydrogens (tertiary/aromatic N) is 2. The molecule has 0 aliphatic carbocycles. The third kappa shape index (κ3) is 5.19. The molecule has 0 spiro atoms. The third-order valence-corrected chi connectivity index (χ3v) is 1.76. The van der Waals surface area contributed by atoms with Gasteiger partial charge in [-0.15, -0.1) is 4.94 Å². The topological polar surface area (TPSA) is 117 Å². The smallest absolute Gasteiger partial charge is 0.344 e. The van der Waals surface area contributed by atoms with Crippen LogP contribution in [0.5, 0.6) is 0 Å². The lowest BCUT2D eigenvalue weighted by molar-refractivity contribution is -0.760. The quantitative estimate of drug-likeness (QED) is 0.489. The van der Waals surface area contributed by atoms with Crippen molar-refractivity contribution in [3.05, 3.63) is 63.6 Å². The second-order valence-electron chi connectivity index (χ2n) is 2.73.